The summed E-state index contributed by atoms with van der Waals surface area (Å²) in [5, 5.41) is 0. The molecule has 9 nitrogen and oxygen atoms in total. The van der Waals surface area contributed by atoms with E-state index in [1.54, 1.807) is 12.1 Å². The molecule has 5 aliphatic rings. The highest BCUT2D eigenvalue weighted by molar-refractivity contribution is 6.30. The first kappa shape index (κ1) is 27.1. The van der Waals surface area contributed by atoms with E-state index in [1.807, 2.05) is 13.0 Å². The molecular formula is C32H33N3O6. The Morgan fingerprint density at radius 3 is 1.73 bits per heavy atom. The van der Waals surface area contributed by atoms with E-state index in [0.717, 1.165) is 66.7 Å². The van der Waals surface area contributed by atoms with Crippen LogP contribution in [0.2, 0.25) is 0 Å². The monoisotopic (exact) mass is 555 g/mol. The van der Waals surface area contributed by atoms with Gasteiger partial charge in [0.1, 0.15) is 0 Å². The average molecular weight is 556 g/mol. The van der Waals surface area contributed by atoms with Crippen LogP contribution in [0.25, 0.3) is 0 Å². The molecule has 2 saturated carbocycles. The summed E-state index contributed by atoms with van der Waals surface area (Å²) in [6, 6.07) is 5.15. The number of anilines is 2. The number of amides is 6. The predicted octanol–water partition coefficient (Wildman–Crippen LogP) is 4.08. The van der Waals surface area contributed by atoms with Crippen LogP contribution in [0, 0.1) is 11.8 Å². The molecule has 212 valence electrons. The molecule has 9 heteroatoms. The summed E-state index contributed by atoms with van der Waals surface area (Å²) >= 11 is 0. The number of carbonyl (C=O) groups is 6. The third-order valence-electron chi connectivity index (χ3n) is 9.53. The summed E-state index contributed by atoms with van der Waals surface area (Å²) in [4.78, 5) is 78.6. The highest BCUT2D eigenvalue weighted by Gasteiger charge is 2.40. The van der Waals surface area contributed by atoms with Crippen molar-refractivity contribution < 1.29 is 28.8 Å². The van der Waals surface area contributed by atoms with E-state index in [0.29, 0.717) is 35.2 Å². The Balaban J connectivity index is 1.13. The molecule has 0 atom stereocenters. The van der Waals surface area contributed by atoms with Crippen molar-refractivity contribution in [2.24, 2.45) is 11.8 Å². The minimum absolute atomic E-state index is 0.0160. The van der Waals surface area contributed by atoms with Crippen molar-refractivity contribution >= 4 is 46.8 Å². The molecule has 0 unspecified atom stereocenters. The van der Waals surface area contributed by atoms with Gasteiger partial charge in [-0.05, 0) is 93.2 Å². The van der Waals surface area contributed by atoms with Crippen LogP contribution in [-0.4, -0.2) is 46.4 Å². The van der Waals surface area contributed by atoms with Crippen LogP contribution in [0.5, 0.6) is 0 Å². The smallest absolute Gasteiger partial charge is 0.258 e. The average Bonchev–Trinajstić information content (AvgIpc) is 3.60. The van der Waals surface area contributed by atoms with Gasteiger partial charge in [0.2, 0.25) is 0 Å². The Hall–Kier alpha value is -4.14. The molecule has 0 aromatic heterocycles. The number of benzene rings is 1. The van der Waals surface area contributed by atoms with Gasteiger partial charge in [-0.1, -0.05) is 13.0 Å². The molecule has 0 spiro atoms. The van der Waals surface area contributed by atoms with Crippen molar-refractivity contribution in [3.8, 4) is 0 Å². The van der Waals surface area contributed by atoms with Crippen molar-refractivity contribution in [2.45, 2.75) is 76.7 Å². The zero-order valence-corrected chi connectivity index (χ0v) is 23.1. The lowest BCUT2D eigenvalue weighted by Crippen LogP contribution is -2.43. The SMILES string of the molecule is CCC1=CC(=O)N(C2CCC(C3CCC(c4ccc(N5C(=O)C=CC5=O)cc4N4C(=O)C=CC4=O)CC3)CC2)C1=O. The van der Waals surface area contributed by atoms with E-state index >= 15 is 0 Å². The number of hydrogen-bond acceptors (Lipinski definition) is 6. The molecule has 2 fully saturated rings. The molecule has 41 heavy (non-hydrogen) atoms. The Labute approximate surface area is 238 Å². The minimum Gasteiger partial charge on any atom is -0.272 e. The second-order valence-corrected chi connectivity index (χ2v) is 11.7. The molecular weight excluding hydrogens is 522 g/mol. The van der Waals surface area contributed by atoms with Crippen molar-refractivity contribution in [1.82, 2.24) is 4.90 Å². The van der Waals surface area contributed by atoms with Gasteiger partial charge in [0, 0.05) is 42.0 Å². The van der Waals surface area contributed by atoms with Crippen LogP contribution in [0.4, 0.5) is 11.4 Å². The molecule has 6 amide bonds. The number of imide groups is 3. The number of nitrogens with zero attached hydrogens (tertiary/aromatic N) is 3. The van der Waals surface area contributed by atoms with E-state index in [2.05, 4.69) is 0 Å². The van der Waals surface area contributed by atoms with Crippen LogP contribution < -0.4 is 9.80 Å². The highest BCUT2D eigenvalue weighted by Crippen LogP contribution is 2.46. The Morgan fingerprint density at radius 1 is 0.659 bits per heavy atom. The van der Waals surface area contributed by atoms with Gasteiger partial charge < -0.3 is 0 Å². The summed E-state index contributed by atoms with van der Waals surface area (Å²) in [6.07, 6.45) is 14.4. The summed E-state index contributed by atoms with van der Waals surface area (Å²) in [5.74, 6) is -0.851. The van der Waals surface area contributed by atoms with Gasteiger partial charge in [-0.15, -0.1) is 0 Å². The van der Waals surface area contributed by atoms with Gasteiger partial charge in [0.15, 0.2) is 0 Å². The molecule has 0 radical (unpaired) electrons. The van der Waals surface area contributed by atoms with Gasteiger partial charge in [-0.25, -0.2) is 9.80 Å². The first-order valence-corrected chi connectivity index (χ1v) is 14.6. The number of carbonyl (C=O) groups excluding carboxylic acids is 6. The van der Waals surface area contributed by atoms with Crippen LogP contribution in [-0.2, 0) is 28.8 Å². The summed E-state index contributed by atoms with van der Waals surface area (Å²) in [5.41, 5.74) is 2.24. The topological polar surface area (TPSA) is 112 Å². The van der Waals surface area contributed by atoms with Gasteiger partial charge in [-0.2, -0.15) is 0 Å². The first-order chi connectivity index (χ1) is 19.8. The lowest BCUT2D eigenvalue weighted by molar-refractivity contribution is -0.141. The molecule has 3 aliphatic heterocycles. The maximum absolute atomic E-state index is 12.6. The molecule has 0 bridgehead atoms. The largest absolute Gasteiger partial charge is 0.272 e. The zero-order valence-electron chi connectivity index (χ0n) is 23.1. The van der Waals surface area contributed by atoms with Crippen LogP contribution >= 0.6 is 0 Å². The third-order valence-corrected chi connectivity index (χ3v) is 9.53. The fourth-order valence-electron chi connectivity index (χ4n) is 7.37. The van der Waals surface area contributed by atoms with E-state index in [1.165, 1.54) is 35.3 Å². The predicted molar refractivity (Wildman–Crippen MR) is 150 cm³/mol. The summed E-state index contributed by atoms with van der Waals surface area (Å²) < 4.78 is 0. The molecule has 3 heterocycles. The van der Waals surface area contributed by atoms with Crippen molar-refractivity contribution in [3.05, 3.63) is 59.7 Å². The number of hydrogen-bond donors (Lipinski definition) is 0. The third kappa shape index (κ3) is 4.77. The lowest BCUT2D eigenvalue weighted by atomic mass is 9.69. The van der Waals surface area contributed by atoms with Crippen molar-refractivity contribution in [1.29, 1.82) is 0 Å². The number of rotatable bonds is 6. The van der Waals surface area contributed by atoms with Gasteiger partial charge in [0.05, 0.1) is 11.4 Å². The Morgan fingerprint density at radius 2 is 1.20 bits per heavy atom. The fraction of sp³-hybridized carbons (Fsp3) is 0.438. The molecule has 0 saturated heterocycles. The first-order valence-electron chi connectivity index (χ1n) is 14.6. The van der Waals surface area contributed by atoms with Crippen LogP contribution in [0.3, 0.4) is 0 Å². The van der Waals surface area contributed by atoms with Crippen LogP contribution in [0.15, 0.2) is 54.2 Å². The quantitative estimate of drug-likeness (QED) is 0.489. The summed E-state index contributed by atoms with van der Waals surface area (Å²) in [6.45, 7) is 1.90. The van der Waals surface area contributed by atoms with E-state index < -0.39 is 23.6 Å². The molecule has 6 rings (SSSR count). The molecule has 1 aromatic carbocycles. The van der Waals surface area contributed by atoms with Crippen molar-refractivity contribution in [2.75, 3.05) is 9.80 Å². The standard InChI is InChI=1S/C32H33N3O6/c1-2-19-17-31(40)34(32(19)41)23-9-7-21(8-10-23)20-3-5-22(6-4-20)25-12-11-24(33-27(36)13-14-28(33)37)18-26(25)35-29(38)15-16-30(35)39/h11-18,20-23H,2-10H2,1H3. The van der Waals surface area contributed by atoms with E-state index in [9.17, 15) is 28.8 Å². The summed E-state index contributed by atoms with van der Waals surface area (Å²) in [7, 11) is 0. The fourth-order valence-corrected chi connectivity index (χ4v) is 7.37. The van der Waals surface area contributed by atoms with Gasteiger partial charge >= 0.3 is 0 Å². The van der Waals surface area contributed by atoms with Gasteiger partial charge in [0.25, 0.3) is 35.4 Å². The second-order valence-electron chi connectivity index (χ2n) is 11.7. The molecule has 0 N–H and O–H groups in total. The van der Waals surface area contributed by atoms with E-state index in [4.69, 9.17) is 0 Å². The normalized spacial score (nSPS) is 28.5. The van der Waals surface area contributed by atoms with Crippen molar-refractivity contribution in [3.63, 3.8) is 0 Å². The Bertz CT molecular complexity index is 1400. The van der Waals surface area contributed by atoms with E-state index in [-0.39, 0.29) is 23.8 Å². The Kier molecular flexibility index (Phi) is 7.05. The van der Waals surface area contributed by atoms with Crippen LogP contribution in [0.1, 0.15) is 76.2 Å². The lowest BCUT2D eigenvalue weighted by Gasteiger charge is -2.40. The molecule has 1 aromatic rings. The molecule has 2 aliphatic carbocycles. The van der Waals surface area contributed by atoms with Gasteiger partial charge in [-0.3, -0.25) is 33.7 Å². The second kappa shape index (κ2) is 10.7. The maximum atomic E-state index is 12.6. The minimum atomic E-state index is -0.457. The highest BCUT2D eigenvalue weighted by atomic mass is 16.2. The zero-order chi connectivity index (χ0) is 28.8. The maximum Gasteiger partial charge on any atom is 0.258 e.